The molecule has 0 bridgehead atoms. The summed E-state index contributed by atoms with van der Waals surface area (Å²) in [5.41, 5.74) is 20.5. The molecule has 2 aliphatic carbocycles. The third kappa shape index (κ3) is 4.62. The zero-order chi connectivity index (χ0) is 37.8. The number of rotatable bonds is 5. The van der Waals surface area contributed by atoms with Gasteiger partial charge >= 0.3 is 0 Å². The van der Waals surface area contributed by atoms with E-state index in [1.165, 1.54) is 66.9 Å². The number of anilines is 3. The molecule has 0 N–H and O–H groups in total. The van der Waals surface area contributed by atoms with Gasteiger partial charge in [-0.25, -0.2) is 0 Å². The highest BCUT2D eigenvalue weighted by molar-refractivity contribution is 6.12. The van der Waals surface area contributed by atoms with E-state index < -0.39 is 0 Å². The van der Waals surface area contributed by atoms with Crippen molar-refractivity contribution >= 4 is 39.0 Å². The second-order valence-corrected chi connectivity index (χ2v) is 16.5. The van der Waals surface area contributed by atoms with Crippen LogP contribution in [0.3, 0.4) is 0 Å². The largest absolute Gasteiger partial charge is 0.456 e. The second kappa shape index (κ2) is 11.9. The van der Waals surface area contributed by atoms with Crippen LogP contribution < -0.4 is 4.90 Å². The molecule has 0 saturated heterocycles. The average Bonchev–Trinajstić information content (AvgIpc) is 3.81. The van der Waals surface area contributed by atoms with Crippen molar-refractivity contribution in [1.29, 1.82) is 0 Å². The summed E-state index contributed by atoms with van der Waals surface area (Å²) in [5.74, 6) is 0. The van der Waals surface area contributed by atoms with E-state index >= 15 is 0 Å². The zero-order valence-electron chi connectivity index (χ0n) is 32.1. The minimum absolute atomic E-state index is 0.0456. The minimum Gasteiger partial charge on any atom is -0.456 e. The van der Waals surface area contributed by atoms with Gasteiger partial charge < -0.3 is 9.32 Å². The highest BCUT2D eigenvalue weighted by Gasteiger charge is 2.39. The summed E-state index contributed by atoms with van der Waals surface area (Å²) >= 11 is 0. The van der Waals surface area contributed by atoms with Crippen LogP contribution in [0.2, 0.25) is 0 Å². The van der Waals surface area contributed by atoms with Crippen molar-refractivity contribution in [2.45, 2.75) is 38.5 Å². The minimum atomic E-state index is -0.198. The van der Waals surface area contributed by atoms with Gasteiger partial charge in [-0.15, -0.1) is 0 Å². The molecule has 0 unspecified atom stereocenters. The fourth-order valence-electron chi connectivity index (χ4n) is 10.0. The maximum atomic E-state index is 6.29. The Morgan fingerprint density at radius 2 is 0.946 bits per heavy atom. The molecule has 8 aromatic carbocycles. The molecule has 11 rings (SSSR count). The van der Waals surface area contributed by atoms with Gasteiger partial charge in [0.2, 0.25) is 0 Å². The van der Waals surface area contributed by atoms with E-state index in [-0.39, 0.29) is 10.8 Å². The van der Waals surface area contributed by atoms with Gasteiger partial charge in [0.25, 0.3) is 0 Å². The van der Waals surface area contributed by atoms with Crippen LogP contribution >= 0.6 is 0 Å². The van der Waals surface area contributed by atoms with E-state index in [1.54, 1.807) is 0 Å². The molecule has 0 spiro atoms. The third-order valence-electron chi connectivity index (χ3n) is 12.7. The molecular weight excluding hydrogens is 679 g/mol. The standard InChI is InChI=1S/C54H41NO/c1-53(2)44-21-9-6-17-40(44)43-33-35(29-32-46(43)53)37-15-7-11-23-47(37)55(48-24-13-20-41-39-16-5-10-22-45(39)54(3,4)52(41)48)36-30-27-34(28-31-36)38-19-14-26-50-51(38)42-18-8-12-25-49(42)56-50/h5-33H,1-4H3. The fraction of sp³-hybridized carbons (Fsp3) is 0.111. The third-order valence-corrected chi connectivity index (χ3v) is 12.7. The molecule has 1 heterocycles. The monoisotopic (exact) mass is 719 g/mol. The Hall–Kier alpha value is -6.64. The molecule has 0 atom stereocenters. The number of furan rings is 1. The summed E-state index contributed by atoms with van der Waals surface area (Å²) in [7, 11) is 0. The molecule has 0 aliphatic heterocycles. The molecule has 0 amide bonds. The molecule has 2 heteroatoms. The van der Waals surface area contributed by atoms with Gasteiger partial charge in [0.05, 0.1) is 11.4 Å². The fourth-order valence-corrected chi connectivity index (χ4v) is 10.0. The highest BCUT2D eigenvalue weighted by Crippen LogP contribution is 2.56. The molecule has 56 heavy (non-hydrogen) atoms. The summed E-state index contributed by atoms with van der Waals surface area (Å²) in [6.07, 6.45) is 0. The molecular formula is C54H41NO. The first-order chi connectivity index (χ1) is 27.3. The topological polar surface area (TPSA) is 16.4 Å². The number of nitrogens with zero attached hydrogens (tertiary/aromatic N) is 1. The quantitative estimate of drug-likeness (QED) is 0.176. The van der Waals surface area contributed by atoms with E-state index in [0.29, 0.717) is 0 Å². The molecule has 2 nitrogen and oxygen atoms in total. The average molecular weight is 720 g/mol. The number of hydrogen-bond donors (Lipinski definition) is 0. The van der Waals surface area contributed by atoms with Crippen molar-refractivity contribution in [2.24, 2.45) is 0 Å². The van der Waals surface area contributed by atoms with Crippen molar-refractivity contribution < 1.29 is 4.42 Å². The van der Waals surface area contributed by atoms with E-state index in [4.69, 9.17) is 4.42 Å². The Balaban J connectivity index is 1.12. The van der Waals surface area contributed by atoms with Gasteiger partial charge in [-0.05, 0) is 104 Å². The first-order valence-electron chi connectivity index (χ1n) is 19.7. The summed E-state index contributed by atoms with van der Waals surface area (Å²) in [5, 5.41) is 2.29. The lowest BCUT2D eigenvalue weighted by atomic mass is 9.81. The van der Waals surface area contributed by atoms with Gasteiger partial charge in [-0.1, -0.05) is 161 Å². The zero-order valence-corrected chi connectivity index (χ0v) is 32.1. The first-order valence-corrected chi connectivity index (χ1v) is 19.7. The first kappa shape index (κ1) is 32.8. The predicted octanol–water partition coefficient (Wildman–Crippen LogP) is 15.0. The lowest BCUT2D eigenvalue weighted by Gasteiger charge is -2.33. The van der Waals surface area contributed by atoms with E-state index in [1.807, 2.05) is 6.07 Å². The molecule has 2 aliphatic rings. The maximum absolute atomic E-state index is 6.29. The van der Waals surface area contributed by atoms with E-state index in [2.05, 4.69) is 202 Å². The molecule has 0 fully saturated rings. The highest BCUT2D eigenvalue weighted by atomic mass is 16.3. The van der Waals surface area contributed by atoms with Crippen molar-refractivity contribution in [2.75, 3.05) is 4.90 Å². The normalized spacial score (nSPS) is 14.4. The maximum Gasteiger partial charge on any atom is 0.136 e. The summed E-state index contributed by atoms with van der Waals surface area (Å²) in [6.45, 7) is 9.46. The molecule has 0 radical (unpaired) electrons. The lowest BCUT2D eigenvalue weighted by Crippen LogP contribution is -2.21. The Kier molecular flexibility index (Phi) is 6.98. The Morgan fingerprint density at radius 1 is 0.393 bits per heavy atom. The Labute approximate surface area is 328 Å². The molecule has 9 aromatic rings. The van der Waals surface area contributed by atoms with Gasteiger partial charge in [0.15, 0.2) is 0 Å². The summed E-state index contributed by atoms with van der Waals surface area (Å²) < 4.78 is 6.29. The van der Waals surface area contributed by atoms with Crippen LogP contribution in [0, 0.1) is 0 Å². The smallest absolute Gasteiger partial charge is 0.136 e. The predicted molar refractivity (Wildman–Crippen MR) is 234 cm³/mol. The van der Waals surface area contributed by atoms with Gasteiger partial charge in [0.1, 0.15) is 11.2 Å². The van der Waals surface area contributed by atoms with Crippen molar-refractivity contribution in [1.82, 2.24) is 0 Å². The van der Waals surface area contributed by atoms with E-state index in [0.717, 1.165) is 38.9 Å². The van der Waals surface area contributed by atoms with Crippen LogP contribution in [0.25, 0.3) is 66.4 Å². The van der Waals surface area contributed by atoms with Crippen LogP contribution in [0.15, 0.2) is 180 Å². The Morgan fingerprint density at radius 3 is 1.75 bits per heavy atom. The van der Waals surface area contributed by atoms with Crippen LogP contribution in [0.5, 0.6) is 0 Å². The molecule has 268 valence electrons. The SMILES string of the molecule is CC1(C)c2ccccc2-c2cc(-c3ccccc3N(c3ccc(-c4cccc5oc6ccccc6c45)cc3)c3cccc4c3C(C)(C)c3ccccc3-4)ccc21. The number of hydrogen-bond acceptors (Lipinski definition) is 2. The van der Waals surface area contributed by atoms with Gasteiger partial charge in [-0.2, -0.15) is 0 Å². The molecule has 1 aromatic heterocycles. The van der Waals surface area contributed by atoms with E-state index in [9.17, 15) is 0 Å². The van der Waals surface area contributed by atoms with Crippen LogP contribution in [-0.2, 0) is 10.8 Å². The second-order valence-electron chi connectivity index (χ2n) is 16.5. The van der Waals surface area contributed by atoms with Crippen LogP contribution in [-0.4, -0.2) is 0 Å². The number of para-hydroxylation sites is 2. The summed E-state index contributed by atoms with van der Waals surface area (Å²) in [6, 6.07) is 64.6. The molecule has 0 saturated carbocycles. The van der Waals surface area contributed by atoms with Gasteiger partial charge in [0, 0.05) is 32.9 Å². The van der Waals surface area contributed by atoms with Crippen molar-refractivity contribution in [3.05, 3.63) is 198 Å². The Bertz CT molecular complexity index is 3030. The number of benzene rings is 8. The van der Waals surface area contributed by atoms with Crippen LogP contribution in [0.4, 0.5) is 17.1 Å². The van der Waals surface area contributed by atoms with Crippen molar-refractivity contribution in [3.8, 4) is 44.5 Å². The number of fused-ring (bicyclic) bond motifs is 9. The summed E-state index contributed by atoms with van der Waals surface area (Å²) in [4.78, 5) is 2.50. The van der Waals surface area contributed by atoms with Crippen LogP contribution in [0.1, 0.15) is 49.9 Å². The van der Waals surface area contributed by atoms with Crippen molar-refractivity contribution in [3.63, 3.8) is 0 Å². The van der Waals surface area contributed by atoms with Gasteiger partial charge in [-0.3, -0.25) is 0 Å². The lowest BCUT2D eigenvalue weighted by molar-refractivity contribution is 0.660.